The number of benzene rings is 1. The van der Waals surface area contributed by atoms with E-state index in [2.05, 4.69) is 15.3 Å². The van der Waals surface area contributed by atoms with Crippen LogP contribution in [0.5, 0.6) is 11.6 Å². The average Bonchev–Trinajstić information content (AvgIpc) is 2.74. The van der Waals surface area contributed by atoms with Gasteiger partial charge < -0.3 is 10.1 Å². The van der Waals surface area contributed by atoms with Gasteiger partial charge in [0.15, 0.2) is 5.75 Å². The molecular formula is C21H16F3N5O3S. The zero-order chi connectivity index (χ0) is 24.4. The molecule has 1 atom stereocenters. The molecule has 3 rings (SSSR count). The number of aromatic nitrogens is 2. The molecule has 0 aliphatic heterocycles. The third-order valence-corrected chi connectivity index (χ3v) is 5.48. The Bertz CT molecular complexity index is 1380. The van der Waals surface area contributed by atoms with Crippen molar-refractivity contribution in [2.24, 2.45) is 0 Å². The first-order valence-corrected chi connectivity index (χ1v) is 11.1. The fraction of sp³-hybridized carbons (Fsp3) is 0.143. The van der Waals surface area contributed by atoms with Gasteiger partial charge in [0.25, 0.3) is 5.91 Å². The molecule has 33 heavy (non-hydrogen) atoms. The monoisotopic (exact) mass is 475 g/mol. The molecule has 2 heterocycles. The number of alkyl halides is 3. The molecule has 0 saturated carbocycles. The van der Waals surface area contributed by atoms with Gasteiger partial charge in [-0.1, -0.05) is 6.07 Å². The summed E-state index contributed by atoms with van der Waals surface area (Å²) in [6, 6.07) is 10.8. The number of pyridine rings is 2. The normalized spacial score (nSPS) is 13.0. The first kappa shape index (κ1) is 23.7. The lowest BCUT2D eigenvalue weighted by atomic mass is 10.1. The highest BCUT2D eigenvalue weighted by Crippen LogP contribution is 2.33. The number of anilines is 1. The van der Waals surface area contributed by atoms with E-state index in [9.17, 15) is 22.2 Å². The first-order valence-electron chi connectivity index (χ1n) is 9.16. The van der Waals surface area contributed by atoms with Crippen LogP contribution in [-0.4, -0.2) is 26.3 Å². The summed E-state index contributed by atoms with van der Waals surface area (Å²) in [5.74, 6) is -1.28. The SMILES string of the molecule is Cc1nc(C#N)ccc1Oc1ncc(C(F)(F)F)cc1C(=O)Nc1cccc(S(C)(=N)=O)c1. The average molecular weight is 475 g/mol. The molecule has 3 aromatic rings. The Kier molecular flexibility index (Phi) is 6.37. The van der Waals surface area contributed by atoms with Crippen LogP contribution in [-0.2, 0) is 15.9 Å². The molecule has 2 N–H and O–H groups in total. The molecule has 0 aliphatic carbocycles. The van der Waals surface area contributed by atoms with Crippen LogP contribution in [0.15, 0.2) is 53.6 Å². The van der Waals surface area contributed by atoms with E-state index in [4.69, 9.17) is 14.8 Å². The van der Waals surface area contributed by atoms with Crippen LogP contribution in [0.3, 0.4) is 0 Å². The van der Waals surface area contributed by atoms with Crippen molar-refractivity contribution in [3.63, 3.8) is 0 Å². The molecule has 0 saturated heterocycles. The molecule has 2 aromatic heterocycles. The number of nitrogens with zero attached hydrogens (tertiary/aromatic N) is 3. The molecule has 0 bridgehead atoms. The van der Waals surface area contributed by atoms with E-state index >= 15 is 0 Å². The summed E-state index contributed by atoms with van der Waals surface area (Å²) in [4.78, 5) is 20.7. The molecule has 0 radical (unpaired) electrons. The zero-order valence-electron chi connectivity index (χ0n) is 17.2. The van der Waals surface area contributed by atoms with Gasteiger partial charge in [-0.3, -0.25) is 4.79 Å². The van der Waals surface area contributed by atoms with Crippen molar-refractivity contribution in [1.29, 1.82) is 10.0 Å². The van der Waals surface area contributed by atoms with Gasteiger partial charge in [-0.05, 0) is 43.3 Å². The minimum Gasteiger partial charge on any atom is -0.436 e. The predicted molar refractivity (Wildman–Crippen MR) is 112 cm³/mol. The number of nitrogens with one attached hydrogen (secondary N) is 2. The molecule has 12 heteroatoms. The van der Waals surface area contributed by atoms with Gasteiger partial charge in [-0.25, -0.2) is 19.0 Å². The van der Waals surface area contributed by atoms with Crippen molar-refractivity contribution in [3.8, 4) is 17.7 Å². The Morgan fingerprint density at radius 3 is 2.58 bits per heavy atom. The Morgan fingerprint density at radius 1 is 1.24 bits per heavy atom. The maximum absolute atomic E-state index is 13.2. The van der Waals surface area contributed by atoms with Crippen LogP contribution in [0.25, 0.3) is 0 Å². The van der Waals surface area contributed by atoms with Gasteiger partial charge in [0.1, 0.15) is 17.3 Å². The fourth-order valence-electron chi connectivity index (χ4n) is 2.69. The van der Waals surface area contributed by atoms with E-state index in [0.717, 1.165) is 0 Å². The number of hydrogen-bond donors (Lipinski definition) is 2. The third-order valence-electron chi connectivity index (χ3n) is 4.32. The summed E-state index contributed by atoms with van der Waals surface area (Å²) in [5, 5.41) is 11.3. The molecule has 1 unspecified atom stereocenters. The van der Waals surface area contributed by atoms with Crippen molar-refractivity contribution in [3.05, 3.63) is 71.2 Å². The lowest BCUT2D eigenvalue weighted by molar-refractivity contribution is -0.137. The number of hydrogen-bond acceptors (Lipinski definition) is 7. The summed E-state index contributed by atoms with van der Waals surface area (Å²) >= 11 is 0. The summed E-state index contributed by atoms with van der Waals surface area (Å²) in [6.07, 6.45) is -3.03. The molecule has 170 valence electrons. The number of nitriles is 1. The van der Waals surface area contributed by atoms with E-state index in [1.54, 1.807) is 0 Å². The van der Waals surface area contributed by atoms with Crippen molar-refractivity contribution in [1.82, 2.24) is 9.97 Å². The molecule has 1 amide bonds. The summed E-state index contributed by atoms with van der Waals surface area (Å²) < 4.78 is 64.9. The Balaban J connectivity index is 2.01. The lowest BCUT2D eigenvalue weighted by Crippen LogP contribution is -2.16. The van der Waals surface area contributed by atoms with E-state index in [0.29, 0.717) is 12.3 Å². The maximum atomic E-state index is 13.2. The maximum Gasteiger partial charge on any atom is 0.417 e. The summed E-state index contributed by atoms with van der Waals surface area (Å²) in [5.41, 5.74) is -1.17. The van der Waals surface area contributed by atoms with Crippen LogP contribution in [0.4, 0.5) is 18.9 Å². The number of halogens is 3. The molecule has 1 aromatic carbocycles. The van der Waals surface area contributed by atoms with E-state index < -0.39 is 38.8 Å². The molecular weight excluding hydrogens is 459 g/mol. The van der Waals surface area contributed by atoms with E-state index in [-0.39, 0.29) is 27.7 Å². The van der Waals surface area contributed by atoms with E-state index in [1.807, 2.05) is 6.07 Å². The number of amides is 1. The smallest absolute Gasteiger partial charge is 0.417 e. The number of aryl methyl sites for hydroxylation is 1. The van der Waals surface area contributed by atoms with Crippen molar-refractivity contribution < 1.29 is 26.9 Å². The topological polar surface area (TPSA) is 129 Å². The highest BCUT2D eigenvalue weighted by molar-refractivity contribution is 7.91. The summed E-state index contributed by atoms with van der Waals surface area (Å²) in [7, 11) is -3.08. The third kappa shape index (κ3) is 5.64. The second-order valence-corrected chi connectivity index (χ2v) is 9.05. The minimum atomic E-state index is -4.76. The van der Waals surface area contributed by atoms with Gasteiger partial charge in [0, 0.05) is 23.0 Å². The molecule has 0 fully saturated rings. The van der Waals surface area contributed by atoms with Crippen LogP contribution in [0, 0.1) is 23.0 Å². The number of rotatable bonds is 5. The van der Waals surface area contributed by atoms with Crippen molar-refractivity contribution in [2.75, 3.05) is 11.6 Å². The Labute approximate surface area is 187 Å². The quantitative estimate of drug-likeness (QED) is 0.548. The molecule has 0 aliphatic rings. The van der Waals surface area contributed by atoms with Crippen molar-refractivity contribution in [2.45, 2.75) is 18.0 Å². The summed E-state index contributed by atoms with van der Waals surface area (Å²) in [6.45, 7) is 1.52. The lowest BCUT2D eigenvalue weighted by Gasteiger charge is -2.14. The number of ether oxygens (including phenoxy) is 1. The van der Waals surface area contributed by atoms with Gasteiger partial charge in [0.05, 0.1) is 21.0 Å². The Morgan fingerprint density at radius 2 is 1.97 bits per heavy atom. The molecule has 0 spiro atoms. The van der Waals surface area contributed by atoms with Crippen molar-refractivity contribution >= 4 is 21.3 Å². The van der Waals surface area contributed by atoms with Crippen LogP contribution < -0.4 is 10.1 Å². The zero-order valence-corrected chi connectivity index (χ0v) is 18.0. The standard InChI is InChI=1S/C21H16F3N5O3S/c1-12-18(7-6-15(10-25)28-12)32-20-17(8-13(11-27-20)21(22,23)24)19(30)29-14-4-3-5-16(9-14)33(2,26)31/h3-9,11,26H,1-2H3,(H,29,30). The second-order valence-electron chi connectivity index (χ2n) is 6.89. The number of carbonyl (C=O) groups excluding carboxylic acids is 1. The first-order chi connectivity index (χ1) is 15.4. The van der Waals surface area contributed by atoms with Gasteiger partial charge in [0.2, 0.25) is 5.88 Å². The van der Waals surface area contributed by atoms with Crippen LogP contribution in [0.1, 0.15) is 27.3 Å². The largest absolute Gasteiger partial charge is 0.436 e. The highest BCUT2D eigenvalue weighted by Gasteiger charge is 2.33. The minimum absolute atomic E-state index is 0.0947. The Hall–Kier alpha value is -3.98. The van der Waals surface area contributed by atoms with Gasteiger partial charge >= 0.3 is 6.18 Å². The van der Waals surface area contributed by atoms with Crippen LogP contribution >= 0.6 is 0 Å². The molecule has 8 nitrogen and oxygen atoms in total. The van der Waals surface area contributed by atoms with Gasteiger partial charge in [-0.15, -0.1) is 0 Å². The van der Waals surface area contributed by atoms with Crippen LogP contribution in [0.2, 0.25) is 0 Å². The van der Waals surface area contributed by atoms with Gasteiger partial charge in [-0.2, -0.15) is 18.4 Å². The highest BCUT2D eigenvalue weighted by atomic mass is 32.2. The fourth-order valence-corrected chi connectivity index (χ4v) is 3.38. The predicted octanol–water partition coefficient (Wildman–Crippen LogP) is 4.76. The van der Waals surface area contributed by atoms with E-state index in [1.165, 1.54) is 49.6 Å². The second kappa shape index (κ2) is 8.87. The number of carbonyl (C=O) groups is 1.